The van der Waals surface area contributed by atoms with Gasteiger partial charge in [0.05, 0.1) is 5.92 Å². The Bertz CT molecular complexity index is 421. The van der Waals surface area contributed by atoms with Gasteiger partial charge in [-0.05, 0) is 17.9 Å². The molecule has 2 N–H and O–H groups in total. The van der Waals surface area contributed by atoms with Crippen LogP contribution in [0.3, 0.4) is 0 Å². The number of aliphatic carboxylic acids is 1. The number of nitrogens with one attached hydrogen (secondary N) is 1. The predicted octanol–water partition coefficient (Wildman–Crippen LogP) is 1.14. The number of rotatable bonds is 6. The Morgan fingerprint density at radius 3 is 2.58 bits per heavy atom. The average Bonchev–Trinajstić information content (AvgIpc) is 2.75. The fraction of sp³-hybridized carbons (Fsp3) is 0.615. The van der Waals surface area contributed by atoms with E-state index in [4.69, 9.17) is 5.11 Å². The number of hydrogen-bond donors (Lipinski definition) is 2. The number of carboxylic acids is 1. The first-order valence-corrected chi connectivity index (χ1v) is 6.25. The summed E-state index contributed by atoms with van der Waals surface area (Å²) >= 11 is 0. The summed E-state index contributed by atoms with van der Waals surface area (Å²) in [5, 5.41) is 15.7. The number of amides is 1. The molecule has 1 aromatic heterocycles. The minimum atomic E-state index is -0.880. The second kappa shape index (κ2) is 6.36. The summed E-state index contributed by atoms with van der Waals surface area (Å²) in [6.07, 6.45) is 3.79. The van der Waals surface area contributed by atoms with Crippen LogP contribution in [0.4, 0.5) is 0 Å². The second-order valence-electron chi connectivity index (χ2n) is 5.81. The maximum absolute atomic E-state index is 11.6. The highest BCUT2D eigenvalue weighted by Crippen LogP contribution is 2.24. The first kappa shape index (κ1) is 15.2. The summed E-state index contributed by atoms with van der Waals surface area (Å²) < 4.78 is 1.49. The molecule has 1 heterocycles. The third-order valence-corrected chi connectivity index (χ3v) is 2.62. The van der Waals surface area contributed by atoms with Gasteiger partial charge in [0.2, 0.25) is 5.91 Å². The van der Waals surface area contributed by atoms with Crippen LogP contribution in [0.15, 0.2) is 18.5 Å². The summed E-state index contributed by atoms with van der Waals surface area (Å²) in [6, 6.07) is 1.73. The molecule has 0 aliphatic rings. The van der Waals surface area contributed by atoms with E-state index in [1.807, 2.05) is 20.8 Å². The van der Waals surface area contributed by atoms with Crippen LogP contribution in [0.1, 0.15) is 27.2 Å². The van der Waals surface area contributed by atoms with Gasteiger partial charge >= 0.3 is 5.97 Å². The van der Waals surface area contributed by atoms with E-state index >= 15 is 0 Å². The standard InChI is InChI=1S/C13H21N3O3/c1-13(2,3)7-10(12(18)19)8-14-11(17)9-16-6-4-5-15-16/h4-6,10H,7-9H2,1-3H3,(H,14,17)(H,18,19). The lowest BCUT2D eigenvalue weighted by atomic mass is 9.84. The molecule has 0 saturated heterocycles. The first-order valence-electron chi connectivity index (χ1n) is 6.25. The second-order valence-corrected chi connectivity index (χ2v) is 5.81. The minimum Gasteiger partial charge on any atom is -0.481 e. The summed E-state index contributed by atoms with van der Waals surface area (Å²) in [5.41, 5.74) is -0.0875. The summed E-state index contributed by atoms with van der Waals surface area (Å²) in [6.45, 7) is 6.19. The molecule has 0 aliphatic heterocycles. The van der Waals surface area contributed by atoms with Gasteiger partial charge < -0.3 is 10.4 Å². The van der Waals surface area contributed by atoms with Crippen molar-refractivity contribution in [1.82, 2.24) is 15.1 Å². The molecule has 1 rings (SSSR count). The largest absolute Gasteiger partial charge is 0.481 e. The van der Waals surface area contributed by atoms with E-state index in [1.165, 1.54) is 4.68 Å². The molecule has 6 heteroatoms. The fourth-order valence-electron chi connectivity index (χ4n) is 1.82. The van der Waals surface area contributed by atoms with Gasteiger partial charge in [0.15, 0.2) is 0 Å². The van der Waals surface area contributed by atoms with E-state index in [1.54, 1.807) is 18.5 Å². The van der Waals surface area contributed by atoms with Gasteiger partial charge in [-0.3, -0.25) is 14.3 Å². The first-order chi connectivity index (χ1) is 8.78. The quantitative estimate of drug-likeness (QED) is 0.809. The Balaban J connectivity index is 2.43. The zero-order valence-corrected chi connectivity index (χ0v) is 11.6. The molecule has 0 spiro atoms. The molecule has 6 nitrogen and oxygen atoms in total. The number of carbonyl (C=O) groups excluding carboxylic acids is 1. The van der Waals surface area contributed by atoms with Crippen molar-refractivity contribution < 1.29 is 14.7 Å². The van der Waals surface area contributed by atoms with E-state index in [2.05, 4.69) is 10.4 Å². The van der Waals surface area contributed by atoms with Crippen molar-refractivity contribution in [1.29, 1.82) is 0 Å². The van der Waals surface area contributed by atoms with Gasteiger partial charge in [0.25, 0.3) is 0 Å². The lowest BCUT2D eigenvalue weighted by molar-refractivity contribution is -0.142. The van der Waals surface area contributed by atoms with Crippen LogP contribution in [-0.4, -0.2) is 33.3 Å². The highest BCUT2D eigenvalue weighted by atomic mass is 16.4. The molecule has 0 aromatic carbocycles. The number of nitrogens with zero attached hydrogens (tertiary/aromatic N) is 2. The highest BCUT2D eigenvalue weighted by Gasteiger charge is 2.24. The van der Waals surface area contributed by atoms with Crippen LogP contribution in [0, 0.1) is 11.3 Å². The monoisotopic (exact) mass is 267 g/mol. The zero-order chi connectivity index (χ0) is 14.5. The van der Waals surface area contributed by atoms with Crippen LogP contribution < -0.4 is 5.32 Å². The molecule has 106 valence electrons. The average molecular weight is 267 g/mol. The van der Waals surface area contributed by atoms with Gasteiger partial charge in [0.1, 0.15) is 6.54 Å². The van der Waals surface area contributed by atoms with E-state index in [-0.39, 0.29) is 24.4 Å². The van der Waals surface area contributed by atoms with Crippen LogP contribution in [0.25, 0.3) is 0 Å². The van der Waals surface area contributed by atoms with Crippen molar-refractivity contribution in [3.63, 3.8) is 0 Å². The third-order valence-electron chi connectivity index (χ3n) is 2.62. The van der Waals surface area contributed by atoms with Crippen molar-refractivity contribution in [2.45, 2.75) is 33.7 Å². The Morgan fingerprint density at radius 2 is 2.11 bits per heavy atom. The number of aromatic nitrogens is 2. The van der Waals surface area contributed by atoms with Gasteiger partial charge in [0, 0.05) is 18.9 Å². The number of carbonyl (C=O) groups is 2. The third kappa shape index (κ3) is 6.03. The van der Waals surface area contributed by atoms with Crippen LogP contribution >= 0.6 is 0 Å². The van der Waals surface area contributed by atoms with Crippen LogP contribution in [0.2, 0.25) is 0 Å². The summed E-state index contributed by atoms with van der Waals surface area (Å²) in [7, 11) is 0. The SMILES string of the molecule is CC(C)(C)CC(CNC(=O)Cn1cccn1)C(=O)O. The summed E-state index contributed by atoms with van der Waals surface area (Å²) in [4.78, 5) is 22.8. The molecule has 0 bridgehead atoms. The Labute approximate surface area is 112 Å². The molecule has 1 amide bonds. The van der Waals surface area contributed by atoms with E-state index in [0.29, 0.717) is 6.42 Å². The molecule has 0 radical (unpaired) electrons. The molecular formula is C13H21N3O3. The lowest BCUT2D eigenvalue weighted by Gasteiger charge is -2.23. The molecular weight excluding hydrogens is 246 g/mol. The topological polar surface area (TPSA) is 84.2 Å². The van der Waals surface area contributed by atoms with Crippen LogP contribution in [-0.2, 0) is 16.1 Å². The summed E-state index contributed by atoms with van der Waals surface area (Å²) in [5.74, 6) is -1.68. The number of hydrogen-bond acceptors (Lipinski definition) is 3. The van der Waals surface area contributed by atoms with Gasteiger partial charge in [-0.2, -0.15) is 5.10 Å². The van der Waals surface area contributed by atoms with E-state index in [9.17, 15) is 9.59 Å². The van der Waals surface area contributed by atoms with Crippen molar-refractivity contribution in [3.8, 4) is 0 Å². The lowest BCUT2D eigenvalue weighted by Crippen LogP contribution is -2.36. The molecule has 1 unspecified atom stereocenters. The maximum atomic E-state index is 11.6. The normalized spacial score (nSPS) is 13.0. The van der Waals surface area contributed by atoms with Crippen molar-refractivity contribution >= 4 is 11.9 Å². The van der Waals surface area contributed by atoms with Gasteiger partial charge in [-0.1, -0.05) is 20.8 Å². The molecule has 1 atom stereocenters. The Kier molecular flexibility index (Phi) is 5.09. The van der Waals surface area contributed by atoms with E-state index < -0.39 is 11.9 Å². The van der Waals surface area contributed by atoms with Crippen molar-refractivity contribution in [2.75, 3.05) is 6.54 Å². The minimum absolute atomic E-state index is 0.0875. The zero-order valence-electron chi connectivity index (χ0n) is 11.6. The Morgan fingerprint density at radius 1 is 1.42 bits per heavy atom. The van der Waals surface area contributed by atoms with Crippen molar-refractivity contribution in [2.24, 2.45) is 11.3 Å². The van der Waals surface area contributed by atoms with Gasteiger partial charge in [-0.25, -0.2) is 0 Å². The smallest absolute Gasteiger partial charge is 0.308 e. The molecule has 1 aromatic rings. The molecule has 19 heavy (non-hydrogen) atoms. The predicted molar refractivity (Wildman–Crippen MR) is 70.4 cm³/mol. The fourth-order valence-corrected chi connectivity index (χ4v) is 1.82. The van der Waals surface area contributed by atoms with Crippen LogP contribution in [0.5, 0.6) is 0 Å². The molecule has 0 saturated carbocycles. The Hall–Kier alpha value is -1.85. The molecule has 0 fully saturated rings. The molecule has 0 aliphatic carbocycles. The number of carboxylic acid groups (broad SMARTS) is 1. The van der Waals surface area contributed by atoms with Gasteiger partial charge in [-0.15, -0.1) is 0 Å². The van der Waals surface area contributed by atoms with E-state index in [0.717, 1.165) is 0 Å². The maximum Gasteiger partial charge on any atom is 0.308 e. The van der Waals surface area contributed by atoms with Crippen molar-refractivity contribution in [3.05, 3.63) is 18.5 Å². The highest BCUT2D eigenvalue weighted by molar-refractivity contribution is 5.77.